The minimum atomic E-state index is -0.345. The van der Waals surface area contributed by atoms with Crippen molar-refractivity contribution < 1.29 is 13.9 Å². The molecule has 0 atom stereocenters. The van der Waals surface area contributed by atoms with Gasteiger partial charge in [-0.25, -0.2) is 9.18 Å². The predicted molar refractivity (Wildman–Crippen MR) is 85.9 cm³/mol. The highest BCUT2D eigenvalue weighted by atomic mass is 32.1. The summed E-state index contributed by atoms with van der Waals surface area (Å²) >= 11 is 1.57. The number of allylic oxidation sites excluding steroid dienone is 1. The Morgan fingerprint density at radius 3 is 2.55 bits per heavy atom. The molecule has 0 saturated carbocycles. The second-order valence-corrected chi connectivity index (χ2v) is 6.05. The Labute approximate surface area is 132 Å². The zero-order valence-electron chi connectivity index (χ0n) is 12.4. The molecule has 2 heterocycles. The van der Waals surface area contributed by atoms with Gasteiger partial charge in [0.2, 0.25) is 0 Å². The summed E-state index contributed by atoms with van der Waals surface area (Å²) in [5, 5.41) is 2.03. The highest BCUT2D eigenvalue weighted by Crippen LogP contribution is 2.35. The van der Waals surface area contributed by atoms with Gasteiger partial charge in [-0.2, -0.15) is 0 Å². The minimum absolute atomic E-state index is 0.297. The standard InChI is InChI=1S/C18H15FO2S/c1-3-14-9-15(18(20)21-14)17(16-8-11(2)10-22-16)12-4-6-13(19)7-5-12/h4-10H,3H2,1-2H3. The van der Waals surface area contributed by atoms with E-state index in [4.69, 9.17) is 4.74 Å². The van der Waals surface area contributed by atoms with Crippen molar-refractivity contribution in [2.75, 3.05) is 0 Å². The number of ether oxygens (including phenoxy) is 1. The molecule has 4 heteroatoms. The number of aryl methyl sites for hydroxylation is 1. The molecule has 0 bridgehead atoms. The fourth-order valence-corrected chi connectivity index (χ4v) is 3.36. The molecule has 3 rings (SSSR count). The molecule has 2 nitrogen and oxygen atoms in total. The fraction of sp³-hybridized carbons (Fsp3) is 0.167. The average Bonchev–Trinajstić information content (AvgIpc) is 3.08. The quantitative estimate of drug-likeness (QED) is 0.598. The summed E-state index contributed by atoms with van der Waals surface area (Å²) in [6.45, 7) is 3.95. The van der Waals surface area contributed by atoms with Crippen molar-refractivity contribution in [3.8, 4) is 0 Å². The van der Waals surface area contributed by atoms with E-state index in [9.17, 15) is 9.18 Å². The van der Waals surface area contributed by atoms with E-state index in [2.05, 4.69) is 0 Å². The molecule has 22 heavy (non-hydrogen) atoms. The fourth-order valence-electron chi connectivity index (χ4n) is 2.38. The van der Waals surface area contributed by atoms with E-state index < -0.39 is 0 Å². The third-order valence-corrected chi connectivity index (χ3v) is 4.54. The van der Waals surface area contributed by atoms with Crippen molar-refractivity contribution in [2.24, 2.45) is 0 Å². The van der Waals surface area contributed by atoms with E-state index >= 15 is 0 Å². The zero-order valence-corrected chi connectivity index (χ0v) is 13.2. The topological polar surface area (TPSA) is 26.3 Å². The third kappa shape index (κ3) is 2.74. The van der Waals surface area contributed by atoms with Gasteiger partial charge in [-0.3, -0.25) is 0 Å². The molecular weight excluding hydrogens is 299 g/mol. The van der Waals surface area contributed by atoms with Gasteiger partial charge in [-0.15, -0.1) is 11.3 Å². The van der Waals surface area contributed by atoms with E-state index in [0.29, 0.717) is 17.8 Å². The number of carbonyl (C=O) groups is 1. The Bertz CT molecular complexity index is 782. The first-order chi connectivity index (χ1) is 10.6. The molecule has 0 spiro atoms. The van der Waals surface area contributed by atoms with Crippen LogP contribution in [0.1, 0.15) is 29.3 Å². The lowest BCUT2D eigenvalue weighted by molar-refractivity contribution is -0.133. The van der Waals surface area contributed by atoms with Gasteiger partial charge < -0.3 is 4.74 Å². The largest absolute Gasteiger partial charge is 0.427 e. The lowest BCUT2D eigenvalue weighted by Crippen LogP contribution is -2.01. The number of rotatable bonds is 3. The number of carbonyl (C=O) groups excluding carboxylic acids is 1. The lowest BCUT2D eigenvalue weighted by Gasteiger charge is -2.08. The first-order valence-electron chi connectivity index (χ1n) is 7.07. The van der Waals surface area contributed by atoms with Crippen LogP contribution in [0.5, 0.6) is 0 Å². The molecule has 0 amide bonds. The molecule has 0 radical (unpaired) electrons. The number of cyclic esters (lactones) is 1. The van der Waals surface area contributed by atoms with E-state index in [1.807, 2.05) is 25.3 Å². The van der Waals surface area contributed by atoms with Crippen molar-refractivity contribution in [3.63, 3.8) is 0 Å². The Kier molecular flexibility index (Phi) is 3.94. The molecule has 112 valence electrons. The van der Waals surface area contributed by atoms with Crippen LogP contribution in [0.25, 0.3) is 5.57 Å². The van der Waals surface area contributed by atoms with Gasteiger partial charge in [-0.05, 0) is 47.7 Å². The Hall–Kier alpha value is -2.20. The summed E-state index contributed by atoms with van der Waals surface area (Å²) < 4.78 is 18.5. The number of halogens is 1. The van der Waals surface area contributed by atoms with Crippen LogP contribution in [0, 0.1) is 12.7 Å². The van der Waals surface area contributed by atoms with Crippen LogP contribution in [0.3, 0.4) is 0 Å². The van der Waals surface area contributed by atoms with Crippen LogP contribution in [0.2, 0.25) is 0 Å². The zero-order chi connectivity index (χ0) is 15.7. The summed E-state index contributed by atoms with van der Waals surface area (Å²) in [6.07, 6.45) is 2.45. The maximum Gasteiger partial charge on any atom is 0.344 e. The molecule has 1 aliphatic heterocycles. The number of thiophene rings is 1. The highest BCUT2D eigenvalue weighted by Gasteiger charge is 2.25. The van der Waals surface area contributed by atoms with Gasteiger partial charge in [0.05, 0.1) is 5.57 Å². The maximum absolute atomic E-state index is 13.2. The van der Waals surface area contributed by atoms with Crippen LogP contribution in [-0.2, 0) is 9.53 Å². The third-order valence-electron chi connectivity index (χ3n) is 3.48. The molecule has 2 aromatic rings. The van der Waals surface area contributed by atoms with E-state index in [0.717, 1.165) is 21.6 Å². The van der Waals surface area contributed by atoms with Crippen LogP contribution < -0.4 is 0 Å². The molecule has 0 N–H and O–H groups in total. The number of hydrogen-bond donors (Lipinski definition) is 0. The first kappa shape index (κ1) is 14.7. The van der Waals surface area contributed by atoms with Crippen LogP contribution in [0.4, 0.5) is 4.39 Å². The maximum atomic E-state index is 13.2. The van der Waals surface area contributed by atoms with Crippen LogP contribution in [0.15, 0.2) is 53.1 Å². The summed E-state index contributed by atoms with van der Waals surface area (Å²) in [6, 6.07) is 8.22. The van der Waals surface area contributed by atoms with E-state index in [1.54, 1.807) is 29.5 Å². The van der Waals surface area contributed by atoms with Gasteiger partial charge in [0.1, 0.15) is 11.6 Å². The van der Waals surface area contributed by atoms with Crippen molar-refractivity contribution >= 4 is 22.9 Å². The van der Waals surface area contributed by atoms with Crippen molar-refractivity contribution in [2.45, 2.75) is 20.3 Å². The average molecular weight is 314 g/mol. The Morgan fingerprint density at radius 2 is 2.00 bits per heavy atom. The number of benzene rings is 1. The van der Waals surface area contributed by atoms with E-state index in [-0.39, 0.29) is 11.8 Å². The summed E-state index contributed by atoms with van der Waals surface area (Å²) in [7, 11) is 0. The molecule has 0 aliphatic carbocycles. The first-order valence-corrected chi connectivity index (χ1v) is 7.95. The minimum Gasteiger partial charge on any atom is -0.427 e. The monoisotopic (exact) mass is 314 g/mol. The van der Waals surface area contributed by atoms with E-state index in [1.165, 1.54) is 12.1 Å². The lowest BCUT2D eigenvalue weighted by atomic mass is 9.98. The van der Waals surface area contributed by atoms with Crippen molar-refractivity contribution in [1.82, 2.24) is 0 Å². The predicted octanol–water partition coefficient (Wildman–Crippen LogP) is 4.85. The Balaban J connectivity index is 2.22. The Morgan fingerprint density at radius 1 is 1.27 bits per heavy atom. The molecule has 1 aliphatic rings. The van der Waals surface area contributed by atoms with Gasteiger partial charge >= 0.3 is 5.97 Å². The molecule has 0 saturated heterocycles. The normalized spacial score (nSPS) is 16.5. The second kappa shape index (κ2) is 5.89. The molecule has 1 aromatic heterocycles. The second-order valence-electron chi connectivity index (χ2n) is 5.14. The molecular formula is C18H15FO2S. The van der Waals surface area contributed by atoms with Gasteiger partial charge in [0, 0.05) is 16.9 Å². The summed E-state index contributed by atoms with van der Waals surface area (Å²) in [4.78, 5) is 13.2. The van der Waals surface area contributed by atoms with Gasteiger partial charge in [0.25, 0.3) is 0 Å². The number of hydrogen-bond acceptors (Lipinski definition) is 3. The van der Waals surface area contributed by atoms with Crippen molar-refractivity contribution in [1.29, 1.82) is 0 Å². The highest BCUT2D eigenvalue weighted by molar-refractivity contribution is 7.11. The molecule has 0 unspecified atom stereocenters. The van der Waals surface area contributed by atoms with Gasteiger partial charge in [0.15, 0.2) is 0 Å². The smallest absolute Gasteiger partial charge is 0.344 e. The number of esters is 1. The van der Waals surface area contributed by atoms with Crippen LogP contribution in [-0.4, -0.2) is 5.97 Å². The van der Waals surface area contributed by atoms with Gasteiger partial charge in [-0.1, -0.05) is 19.1 Å². The molecule has 1 aromatic carbocycles. The van der Waals surface area contributed by atoms with Crippen molar-refractivity contribution in [3.05, 3.63) is 74.9 Å². The SMILES string of the molecule is CCC1=CC(=C(c2ccc(F)cc2)c2cc(C)cs2)C(=O)O1. The van der Waals surface area contributed by atoms with Crippen LogP contribution >= 0.6 is 11.3 Å². The molecule has 0 fully saturated rings. The summed E-state index contributed by atoms with van der Waals surface area (Å²) in [5.41, 5.74) is 3.27. The summed E-state index contributed by atoms with van der Waals surface area (Å²) in [5.74, 6) is 0.0179.